The van der Waals surface area contributed by atoms with E-state index in [0.717, 1.165) is 37.1 Å². The summed E-state index contributed by atoms with van der Waals surface area (Å²) in [6.45, 7) is 5.25. The van der Waals surface area contributed by atoms with E-state index in [4.69, 9.17) is 0 Å². The summed E-state index contributed by atoms with van der Waals surface area (Å²) in [6, 6.07) is 14.3. The summed E-state index contributed by atoms with van der Waals surface area (Å²) in [5.41, 5.74) is 2.34. The lowest BCUT2D eigenvalue weighted by Gasteiger charge is -2.26. The maximum absolute atomic E-state index is 13.8. The fourth-order valence-corrected chi connectivity index (χ4v) is 3.37. The molecule has 0 saturated carbocycles. The Kier molecular flexibility index (Phi) is 7.61. The number of likely N-dealkylation sites (tertiary alicyclic amines) is 1. The van der Waals surface area contributed by atoms with E-state index < -0.39 is 0 Å². The maximum atomic E-state index is 13.8. The second-order valence-electron chi connectivity index (χ2n) is 7.19. The van der Waals surface area contributed by atoms with Gasteiger partial charge in [-0.3, -0.25) is 4.79 Å². The third-order valence-electron chi connectivity index (χ3n) is 5.01. The summed E-state index contributed by atoms with van der Waals surface area (Å²) in [5.74, 6) is 0.508. The van der Waals surface area contributed by atoms with E-state index in [9.17, 15) is 9.18 Å². The summed E-state index contributed by atoms with van der Waals surface area (Å²) in [4.78, 5) is 19.1. The Morgan fingerprint density at radius 2 is 1.76 bits per heavy atom. The fraction of sp³-hybridized carbons (Fsp3) is 0.391. The molecule has 5 nitrogen and oxygen atoms in total. The molecular weight excluding hydrogens is 367 g/mol. The molecule has 0 radical (unpaired) electrons. The van der Waals surface area contributed by atoms with E-state index >= 15 is 0 Å². The number of piperidine rings is 1. The molecule has 2 aromatic carbocycles. The molecule has 0 unspecified atom stereocenters. The standard InChI is InChI=1S/C23H29FN4O/c1-2-25-23(27-17-20-8-4-5-9-21(20)24)26-16-18-10-12-19(13-11-18)22(29)28-14-6-3-7-15-28/h4-5,8-13H,2-3,6-7,14-17H2,1H3,(H2,25,26,27). The third-order valence-corrected chi connectivity index (χ3v) is 5.01. The van der Waals surface area contributed by atoms with E-state index in [-0.39, 0.29) is 11.7 Å². The first kappa shape index (κ1) is 20.8. The summed E-state index contributed by atoms with van der Waals surface area (Å²) >= 11 is 0. The molecule has 1 heterocycles. The smallest absolute Gasteiger partial charge is 0.253 e. The monoisotopic (exact) mass is 396 g/mol. The van der Waals surface area contributed by atoms with Crippen LogP contribution in [0.4, 0.5) is 4.39 Å². The number of nitrogens with one attached hydrogen (secondary N) is 2. The number of hydrogen-bond acceptors (Lipinski definition) is 2. The van der Waals surface area contributed by atoms with Crippen LogP contribution < -0.4 is 10.6 Å². The number of amides is 1. The molecule has 1 aliphatic heterocycles. The van der Waals surface area contributed by atoms with Gasteiger partial charge in [-0.05, 0) is 49.9 Å². The molecule has 1 fully saturated rings. The number of carbonyl (C=O) groups excluding carboxylic acids is 1. The van der Waals surface area contributed by atoms with Crippen molar-refractivity contribution in [2.75, 3.05) is 19.6 Å². The first-order valence-electron chi connectivity index (χ1n) is 10.3. The van der Waals surface area contributed by atoms with Gasteiger partial charge in [0.25, 0.3) is 5.91 Å². The minimum atomic E-state index is -0.232. The molecule has 6 heteroatoms. The molecule has 1 aliphatic rings. The van der Waals surface area contributed by atoms with E-state index in [2.05, 4.69) is 15.6 Å². The number of halogens is 1. The fourth-order valence-electron chi connectivity index (χ4n) is 3.37. The Labute approximate surface area is 172 Å². The summed E-state index contributed by atoms with van der Waals surface area (Å²) in [5, 5.41) is 6.33. The molecule has 29 heavy (non-hydrogen) atoms. The zero-order chi connectivity index (χ0) is 20.5. The van der Waals surface area contributed by atoms with Crippen LogP contribution in [0, 0.1) is 5.82 Å². The zero-order valence-electron chi connectivity index (χ0n) is 17.0. The number of carbonyl (C=O) groups is 1. The molecule has 154 valence electrons. The molecule has 3 rings (SSSR count). The number of benzene rings is 2. The van der Waals surface area contributed by atoms with Crippen LogP contribution in [0.25, 0.3) is 0 Å². The molecule has 0 aliphatic carbocycles. The van der Waals surface area contributed by atoms with E-state index in [0.29, 0.717) is 31.2 Å². The lowest BCUT2D eigenvalue weighted by atomic mass is 10.1. The van der Waals surface area contributed by atoms with Crippen LogP contribution in [-0.4, -0.2) is 36.4 Å². The largest absolute Gasteiger partial charge is 0.357 e. The molecule has 2 N–H and O–H groups in total. The van der Waals surface area contributed by atoms with Gasteiger partial charge >= 0.3 is 0 Å². The van der Waals surface area contributed by atoms with Crippen LogP contribution in [0.15, 0.2) is 53.5 Å². The predicted molar refractivity (Wildman–Crippen MR) is 114 cm³/mol. The second-order valence-corrected chi connectivity index (χ2v) is 7.19. The van der Waals surface area contributed by atoms with Gasteiger partial charge in [-0.1, -0.05) is 30.3 Å². The van der Waals surface area contributed by atoms with E-state index in [1.165, 1.54) is 12.5 Å². The van der Waals surface area contributed by atoms with Gasteiger partial charge in [0.2, 0.25) is 0 Å². The maximum Gasteiger partial charge on any atom is 0.253 e. The first-order chi connectivity index (χ1) is 14.2. The molecular formula is C23H29FN4O. The predicted octanol–water partition coefficient (Wildman–Crippen LogP) is 3.71. The minimum Gasteiger partial charge on any atom is -0.357 e. The highest BCUT2D eigenvalue weighted by Crippen LogP contribution is 2.14. The van der Waals surface area contributed by atoms with Crippen LogP contribution in [0.1, 0.15) is 47.7 Å². The van der Waals surface area contributed by atoms with Gasteiger partial charge < -0.3 is 15.5 Å². The van der Waals surface area contributed by atoms with Crippen molar-refractivity contribution in [2.45, 2.75) is 39.3 Å². The third kappa shape index (κ3) is 6.04. The number of aliphatic imine (C=N–C) groups is 1. The zero-order valence-corrected chi connectivity index (χ0v) is 17.0. The molecule has 0 atom stereocenters. The van der Waals surface area contributed by atoms with Crippen LogP contribution in [0.5, 0.6) is 0 Å². The molecule has 0 bridgehead atoms. The topological polar surface area (TPSA) is 56.7 Å². The van der Waals surface area contributed by atoms with Crippen molar-refractivity contribution in [2.24, 2.45) is 4.99 Å². The highest BCUT2D eigenvalue weighted by molar-refractivity contribution is 5.94. The van der Waals surface area contributed by atoms with Crippen LogP contribution >= 0.6 is 0 Å². The van der Waals surface area contributed by atoms with Crippen LogP contribution in [0.3, 0.4) is 0 Å². The normalized spacial score (nSPS) is 14.6. The number of hydrogen-bond donors (Lipinski definition) is 2. The molecule has 0 aromatic heterocycles. The molecule has 1 amide bonds. The van der Waals surface area contributed by atoms with Crippen molar-refractivity contribution in [3.63, 3.8) is 0 Å². The lowest BCUT2D eigenvalue weighted by Crippen LogP contribution is -2.37. The number of nitrogens with zero attached hydrogens (tertiary/aromatic N) is 2. The summed E-state index contributed by atoms with van der Waals surface area (Å²) < 4.78 is 13.8. The Hall–Kier alpha value is -2.89. The van der Waals surface area contributed by atoms with Crippen molar-refractivity contribution < 1.29 is 9.18 Å². The first-order valence-corrected chi connectivity index (χ1v) is 10.3. The summed E-state index contributed by atoms with van der Waals surface area (Å²) in [7, 11) is 0. The average molecular weight is 397 g/mol. The Morgan fingerprint density at radius 1 is 1.03 bits per heavy atom. The SMILES string of the molecule is CCNC(=NCc1ccc(C(=O)N2CCCCC2)cc1)NCc1ccccc1F. The highest BCUT2D eigenvalue weighted by atomic mass is 19.1. The Balaban J connectivity index is 1.58. The highest BCUT2D eigenvalue weighted by Gasteiger charge is 2.17. The van der Waals surface area contributed by atoms with E-state index in [1.807, 2.05) is 42.2 Å². The van der Waals surface area contributed by atoms with Gasteiger partial charge in [0.15, 0.2) is 5.96 Å². The molecule has 0 spiro atoms. The Morgan fingerprint density at radius 3 is 2.45 bits per heavy atom. The van der Waals surface area contributed by atoms with Gasteiger partial charge in [-0.25, -0.2) is 9.38 Å². The average Bonchev–Trinajstić information content (AvgIpc) is 2.77. The van der Waals surface area contributed by atoms with Crippen molar-refractivity contribution in [3.8, 4) is 0 Å². The summed E-state index contributed by atoms with van der Waals surface area (Å²) in [6.07, 6.45) is 3.39. The van der Waals surface area contributed by atoms with Gasteiger partial charge in [0.05, 0.1) is 6.54 Å². The second kappa shape index (κ2) is 10.6. The quantitative estimate of drug-likeness (QED) is 0.578. The van der Waals surface area contributed by atoms with Gasteiger partial charge in [-0.2, -0.15) is 0 Å². The lowest BCUT2D eigenvalue weighted by molar-refractivity contribution is 0.0724. The minimum absolute atomic E-state index is 0.111. The van der Waals surface area contributed by atoms with Gasteiger partial charge in [-0.15, -0.1) is 0 Å². The number of guanidine groups is 1. The Bertz CT molecular complexity index is 829. The molecule has 1 saturated heterocycles. The van der Waals surface area contributed by atoms with Gasteiger partial charge in [0, 0.05) is 37.3 Å². The van der Waals surface area contributed by atoms with Crippen LogP contribution in [0.2, 0.25) is 0 Å². The molecule has 2 aromatic rings. The van der Waals surface area contributed by atoms with Crippen molar-refractivity contribution in [3.05, 3.63) is 71.0 Å². The van der Waals surface area contributed by atoms with E-state index in [1.54, 1.807) is 12.1 Å². The van der Waals surface area contributed by atoms with Crippen molar-refractivity contribution >= 4 is 11.9 Å². The van der Waals surface area contributed by atoms with Crippen molar-refractivity contribution in [1.82, 2.24) is 15.5 Å². The number of rotatable bonds is 6. The van der Waals surface area contributed by atoms with Gasteiger partial charge in [0.1, 0.15) is 5.82 Å². The van der Waals surface area contributed by atoms with Crippen molar-refractivity contribution in [1.29, 1.82) is 0 Å². The van der Waals surface area contributed by atoms with Crippen LogP contribution in [-0.2, 0) is 13.1 Å².